The van der Waals surface area contributed by atoms with Crippen LogP contribution in [-0.2, 0) is 53.1 Å². The minimum Gasteiger partial charge on any atom is -0.308 e. The van der Waals surface area contributed by atoms with Crippen LogP contribution in [0.1, 0.15) is 11.1 Å². The van der Waals surface area contributed by atoms with E-state index in [0.29, 0.717) is 11.1 Å². The van der Waals surface area contributed by atoms with Crippen LogP contribution in [0.4, 0.5) is 11.4 Å². The number of nitro benzene ring substituents is 2. The van der Waals surface area contributed by atoms with Gasteiger partial charge in [-0.2, -0.15) is 0 Å². The van der Waals surface area contributed by atoms with E-state index in [4.69, 9.17) is 22.0 Å². The second-order valence-corrected chi connectivity index (χ2v) is 17.6. The van der Waals surface area contributed by atoms with Crippen LogP contribution in [0.2, 0.25) is 0 Å². The number of hydrogen-bond acceptors (Lipinski definition) is 13. The first kappa shape index (κ1) is 28.0. The van der Waals surface area contributed by atoms with Gasteiger partial charge in [-0.3, -0.25) is 38.5 Å². The summed E-state index contributed by atoms with van der Waals surface area (Å²) in [5.41, 5.74) is 1.02. The van der Waals surface area contributed by atoms with Gasteiger partial charge in [0.1, 0.15) is 0 Å². The quantitative estimate of drug-likeness (QED) is 0.173. The lowest BCUT2D eigenvalue weighted by Crippen LogP contribution is -2.18. The fraction of sp³-hybridized carbons (Fsp3) is 0.333. The molecule has 2 aromatic rings. The van der Waals surface area contributed by atoms with E-state index in [1.165, 1.54) is 48.5 Å². The second kappa shape index (κ2) is 10.6. The molecule has 2 aliphatic heterocycles. The molecule has 2 fully saturated rings. The van der Waals surface area contributed by atoms with Crippen molar-refractivity contribution >= 4 is 41.8 Å². The lowest BCUT2D eigenvalue weighted by Gasteiger charge is -2.39. The Hall–Kier alpha value is -2.04. The number of nitrogens with zero attached hydrogens (tertiary/aromatic N) is 2. The van der Waals surface area contributed by atoms with E-state index in [9.17, 15) is 38.5 Å². The van der Waals surface area contributed by atoms with Crippen molar-refractivity contribution in [1.29, 1.82) is 0 Å². The van der Waals surface area contributed by atoms with Crippen molar-refractivity contribution in [2.45, 2.75) is 12.8 Å². The number of nitro groups is 2. The summed E-state index contributed by atoms with van der Waals surface area (Å²) >= 11 is 0. The average molecular weight is 596 g/mol. The van der Waals surface area contributed by atoms with Gasteiger partial charge in [0, 0.05) is 24.3 Å². The minimum absolute atomic E-state index is 0.106. The summed E-state index contributed by atoms with van der Waals surface area (Å²) in [5, 5.41) is 21.5. The van der Waals surface area contributed by atoms with Gasteiger partial charge in [0.2, 0.25) is 0 Å². The van der Waals surface area contributed by atoms with Crippen LogP contribution in [0.5, 0.6) is 0 Å². The van der Waals surface area contributed by atoms with Gasteiger partial charge < -0.3 is 9.05 Å². The molecule has 2 aromatic carbocycles. The average Bonchev–Trinajstić information content (AvgIpc) is 2.77. The molecule has 37 heavy (non-hydrogen) atoms. The first-order valence-electron chi connectivity index (χ1n) is 10.6. The minimum atomic E-state index is -4.45. The lowest BCUT2D eigenvalue weighted by atomic mass is 10.1. The van der Waals surface area contributed by atoms with E-state index in [2.05, 4.69) is 0 Å². The van der Waals surface area contributed by atoms with Crippen LogP contribution in [0.15, 0.2) is 48.5 Å². The van der Waals surface area contributed by atoms with E-state index in [0.717, 1.165) is 0 Å². The molecule has 4 atom stereocenters. The van der Waals surface area contributed by atoms with Crippen molar-refractivity contribution in [2.75, 3.05) is 25.0 Å². The highest BCUT2D eigenvalue weighted by molar-refractivity contribution is 7.91. The molecule has 0 spiro atoms. The lowest BCUT2D eigenvalue weighted by molar-refractivity contribution is -0.385. The van der Waals surface area contributed by atoms with Gasteiger partial charge >= 0.3 is 30.4 Å². The Morgan fingerprint density at radius 3 is 1.32 bits per heavy atom. The third-order valence-electron chi connectivity index (χ3n) is 5.09. The fourth-order valence-corrected chi connectivity index (χ4v) is 18.0. The summed E-state index contributed by atoms with van der Waals surface area (Å²) in [6.45, 7) is -0.447. The maximum atomic E-state index is 13.1. The monoisotopic (exact) mass is 596 g/mol. The number of benzene rings is 2. The molecule has 2 heterocycles. The molecule has 4 unspecified atom stereocenters. The summed E-state index contributed by atoms with van der Waals surface area (Å²) in [6.07, 6.45) is 0.317. The molecule has 0 aromatic heterocycles. The van der Waals surface area contributed by atoms with Gasteiger partial charge in [-0.15, -0.1) is 0 Å². The van der Waals surface area contributed by atoms with Gasteiger partial charge in [0.05, 0.1) is 23.1 Å². The van der Waals surface area contributed by atoms with Crippen molar-refractivity contribution in [3.63, 3.8) is 0 Å². The SMILES string of the molecule is O=[N+]([O-])c1ccc(CCOP2(=O)CP3(=O)OP(=O)(OCCc4ccc([N+](=O)[O-])cc4)CP(=O)(O2)O3)cc1. The molecular weight excluding hydrogens is 576 g/mol. The zero-order valence-electron chi connectivity index (χ0n) is 18.9. The maximum absolute atomic E-state index is 13.1. The molecule has 0 N–H and O–H groups in total. The Morgan fingerprint density at radius 2 is 1.00 bits per heavy atom. The van der Waals surface area contributed by atoms with Crippen molar-refractivity contribution < 1.29 is 50.1 Å². The first-order valence-corrected chi connectivity index (χ1v) is 17.5. The van der Waals surface area contributed by atoms with E-state index in [1.54, 1.807) is 0 Å². The van der Waals surface area contributed by atoms with Crippen LogP contribution < -0.4 is 0 Å². The Labute approximate surface area is 209 Å². The van der Waals surface area contributed by atoms with Crippen molar-refractivity contribution in [2.24, 2.45) is 0 Å². The van der Waals surface area contributed by atoms with Gasteiger partial charge in [-0.1, -0.05) is 24.3 Å². The molecule has 0 amide bonds. The number of rotatable bonds is 10. The zero-order valence-corrected chi connectivity index (χ0v) is 22.4. The molecular formula is C18H20N2O13P4. The van der Waals surface area contributed by atoms with E-state index >= 15 is 0 Å². The highest BCUT2D eigenvalue weighted by Gasteiger charge is 2.63. The predicted molar refractivity (Wildman–Crippen MR) is 129 cm³/mol. The van der Waals surface area contributed by atoms with E-state index in [1.807, 2.05) is 0 Å². The molecule has 4 rings (SSSR count). The highest BCUT2D eigenvalue weighted by Crippen LogP contribution is 2.90. The molecule has 2 saturated heterocycles. The van der Waals surface area contributed by atoms with Crippen LogP contribution in [0.25, 0.3) is 0 Å². The number of non-ortho nitro benzene ring substituents is 2. The predicted octanol–water partition coefficient (Wildman–Crippen LogP) is 6.09. The van der Waals surface area contributed by atoms with E-state index in [-0.39, 0.29) is 37.4 Å². The molecule has 200 valence electrons. The van der Waals surface area contributed by atoms with Crippen LogP contribution in [0.3, 0.4) is 0 Å². The summed E-state index contributed by atoms with van der Waals surface area (Å²) in [5.74, 6) is -1.86. The summed E-state index contributed by atoms with van der Waals surface area (Å²) in [7, 11) is -17.4. The van der Waals surface area contributed by atoms with Crippen molar-refractivity contribution in [3.8, 4) is 0 Å². The first-order chi connectivity index (χ1) is 17.3. The number of fused-ring (bicyclic) bond motifs is 2. The molecule has 15 nitrogen and oxygen atoms in total. The topological polar surface area (TPSA) is 201 Å². The van der Waals surface area contributed by atoms with Crippen molar-refractivity contribution in [1.82, 2.24) is 0 Å². The summed E-state index contributed by atoms with van der Waals surface area (Å²) < 4.78 is 77.8. The highest BCUT2D eigenvalue weighted by atomic mass is 31.3. The van der Waals surface area contributed by atoms with Gasteiger partial charge in [0.25, 0.3) is 11.4 Å². The molecule has 2 aliphatic rings. The third kappa shape index (κ3) is 7.09. The molecule has 0 radical (unpaired) electrons. The Morgan fingerprint density at radius 1 is 0.649 bits per heavy atom. The van der Waals surface area contributed by atoms with Crippen LogP contribution in [0, 0.1) is 20.2 Å². The smallest absolute Gasteiger partial charge is 0.308 e. The normalized spacial score (nSPS) is 31.0. The summed E-state index contributed by atoms with van der Waals surface area (Å²) in [4.78, 5) is 20.4. The largest absolute Gasteiger partial charge is 0.357 e. The standard InChI is InChI=1S/C18H20N2O13P4/c21-19(22)17-5-1-15(2-6-17)9-11-29-34(25)13-36(27)32-35(26,14-37(28,31-34)33-36)30-12-10-16-3-7-18(8-4-16)20(23)24/h1-8H,9-14H2. The van der Waals surface area contributed by atoms with Crippen LogP contribution >= 0.6 is 30.4 Å². The molecule has 0 saturated carbocycles. The maximum Gasteiger partial charge on any atom is 0.357 e. The van der Waals surface area contributed by atoms with E-state index < -0.39 is 52.0 Å². The van der Waals surface area contributed by atoms with Gasteiger partial charge in [-0.25, -0.2) is 12.9 Å². The third-order valence-corrected chi connectivity index (χ3v) is 17.8. The number of hydrogen-bond donors (Lipinski definition) is 0. The van der Waals surface area contributed by atoms with Gasteiger partial charge in [0.15, 0.2) is 11.8 Å². The zero-order chi connectivity index (χ0) is 26.9. The Kier molecular flexibility index (Phi) is 8.03. The Bertz CT molecular complexity index is 1260. The second-order valence-electron chi connectivity index (χ2n) is 7.98. The summed E-state index contributed by atoms with van der Waals surface area (Å²) in [6, 6.07) is 11.1. The molecule has 2 bridgehead atoms. The van der Waals surface area contributed by atoms with Crippen LogP contribution in [-0.4, -0.2) is 34.9 Å². The Balaban J connectivity index is 1.34. The fourth-order valence-electron chi connectivity index (χ4n) is 3.48. The van der Waals surface area contributed by atoms with Crippen molar-refractivity contribution in [3.05, 3.63) is 79.9 Å². The molecule has 19 heteroatoms. The van der Waals surface area contributed by atoms with Gasteiger partial charge in [-0.05, 0) is 24.0 Å². The molecule has 0 aliphatic carbocycles.